The molecule has 2 aromatic rings. The summed E-state index contributed by atoms with van der Waals surface area (Å²) < 4.78 is 5.19. The number of halogens is 1. The van der Waals surface area contributed by atoms with Gasteiger partial charge in [-0.25, -0.2) is 9.97 Å². The Balaban J connectivity index is 1.88. The lowest BCUT2D eigenvalue weighted by Crippen LogP contribution is -2.17. The van der Waals surface area contributed by atoms with Crippen molar-refractivity contribution < 1.29 is 9.53 Å². The number of carbonyl (C=O) groups is 1. The second-order valence-corrected chi connectivity index (χ2v) is 5.47. The van der Waals surface area contributed by atoms with Crippen molar-refractivity contribution in [1.29, 1.82) is 0 Å². The van der Waals surface area contributed by atoms with Gasteiger partial charge in [-0.15, -0.1) is 0 Å². The molecule has 0 aliphatic heterocycles. The Kier molecular flexibility index (Phi) is 5.76. The molecule has 23 heavy (non-hydrogen) atoms. The Labute approximate surface area is 140 Å². The normalized spacial score (nSPS) is 10.3. The number of aromatic nitrogens is 2. The molecular weight excluding hydrogens is 316 g/mol. The van der Waals surface area contributed by atoms with Gasteiger partial charge in [0, 0.05) is 29.9 Å². The first-order chi connectivity index (χ1) is 11.0. The lowest BCUT2D eigenvalue weighted by molar-refractivity contribution is -0.116. The highest BCUT2D eigenvalue weighted by Crippen LogP contribution is 2.27. The van der Waals surface area contributed by atoms with Crippen molar-refractivity contribution in [3.8, 4) is 5.75 Å². The Bertz CT molecular complexity index is 706. The number of nitrogens with zero attached hydrogens (tertiary/aromatic N) is 2. The van der Waals surface area contributed by atoms with E-state index in [4.69, 9.17) is 16.3 Å². The first-order valence-corrected chi connectivity index (χ1v) is 7.55. The van der Waals surface area contributed by atoms with Gasteiger partial charge in [0.2, 0.25) is 11.9 Å². The van der Waals surface area contributed by atoms with Gasteiger partial charge in [-0.2, -0.15) is 0 Å². The summed E-state index contributed by atoms with van der Waals surface area (Å²) in [5.74, 6) is 0.927. The molecule has 0 radical (unpaired) electrons. The second kappa shape index (κ2) is 7.78. The molecule has 1 amide bonds. The predicted octanol–water partition coefficient (Wildman–Crippen LogP) is 3.20. The van der Waals surface area contributed by atoms with Crippen molar-refractivity contribution in [2.75, 3.05) is 24.3 Å². The van der Waals surface area contributed by atoms with E-state index in [1.165, 1.54) is 7.11 Å². The van der Waals surface area contributed by atoms with Crippen molar-refractivity contribution in [3.63, 3.8) is 0 Å². The molecule has 1 heterocycles. The van der Waals surface area contributed by atoms with Gasteiger partial charge in [0.25, 0.3) is 0 Å². The molecule has 0 unspecified atom stereocenters. The van der Waals surface area contributed by atoms with Crippen molar-refractivity contribution >= 4 is 29.1 Å². The van der Waals surface area contributed by atoms with E-state index < -0.39 is 0 Å². The van der Waals surface area contributed by atoms with Crippen LogP contribution in [0.1, 0.15) is 17.7 Å². The third kappa shape index (κ3) is 4.82. The van der Waals surface area contributed by atoms with Gasteiger partial charge in [-0.05, 0) is 37.6 Å². The van der Waals surface area contributed by atoms with Crippen LogP contribution in [-0.2, 0) is 4.79 Å². The monoisotopic (exact) mass is 334 g/mol. The second-order valence-electron chi connectivity index (χ2n) is 5.03. The number of methoxy groups -OCH3 is 1. The largest absolute Gasteiger partial charge is 0.495 e. The predicted molar refractivity (Wildman–Crippen MR) is 91.2 cm³/mol. The maximum Gasteiger partial charge on any atom is 0.226 e. The van der Waals surface area contributed by atoms with Crippen LogP contribution >= 0.6 is 11.6 Å². The number of hydrogen-bond donors (Lipinski definition) is 2. The SMILES string of the molecule is COc1ccc(Cl)cc1NC(=O)CCNc1ncc(C)c(C)n1. The van der Waals surface area contributed by atoms with Crippen LogP contribution in [0.4, 0.5) is 11.6 Å². The minimum absolute atomic E-state index is 0.151. The highest BCUT2D eigenvalue weighted by molar-refractivity contribution is 6.31. The molecule has 1 aromatic heterocycles. The van der Waals surface area contributed by atoms with E-state index in [-0.39, 0.29) is 12.3 Å². The quantitative estimate of drug-likeness (QED) is 0.848. The molecule has 0 atom stereocenters. The fourth-order valence-electron chi connectivity index (χ4n) is 1.89. The molecule has 0 aliphatic carbocycles. The minimum Gasteiger partial charge on any atom is -0.495 e. The van der Waals surface area contributed by atoms with E-state index in [1.54, 1.807) is 24.4 Å². The van der Waals surface area contributed by atoms with Gasteiger partial charge < -0.3 is 15.4 Å². The average Bonchev–Trinajstić information content (AvgIpc) is 2.51. The van der Waals surface area contributed by atoms with Crippen LogP contribution in [0.2, 0.25) is 5.02 Å². The Morgan fingerprint density at radius 1 is 1.35 bits per heavy atom. The molecular formula is C16H19ClN4O2. The van der Waals surface area contributed by atoms with Gasteiger partial charge in [0.1, 0.15) is 5.75 Å². The lowest BCUT2D eigenvalue weighted by Gasteiger charge is -2.11. The highest BCUT2D eigenvalue weighted by Gasteiger charge is 2.08. The van der Waals surface area contributed by atoms with Gasteiger partial charge >= 0.3 is 0 Å². The number of aryl methyl sites for hydroxylation is 2. The zero-order valence-corrected chi connectivity index (χ0v) is 14.1. The van der Waals surface area contributed by atoms with E-state index in [9.17, 15) is 4.79 Å². The van der Waals surface area contributed by atoms with Crippen LogP contribution in [0.15, 0.2) is 24.4 Å². The number of rotatable bonds is 6. The van der Waals surface area contributed by atoms with Gasteiger partial charge in [0.15, 0.2) is 0 Å². The summed E-state index contributed by atoms with van der Waals surface area (Å²) in [5.41, 5.74) is 2.49. The van der Waals surface area contributed by atoms with E-state index in [1.807, 2.05) is 13.8 Å². The maximum atomic E-state index is 12.0. The molecule has 0 bridgehead atoms. The summed E-state index contributed by atoms with van der Waals surface area (Å²) in [6.07, 6.45) is 2.02. The van der Waals surface area contributed by atoms with Crippen LogP contribution in [0.5, 0.6) is 5.75 Å². The highest BCUT2D eigenvalue weighted by atomic mass is 35.5. The fraction of sp³-hybridized carbons (Fsp3) is 0.312. The summed E-state index contributed by atoms with van der Waals surface area (Å²) in [4.78, 5) is 20.5. The summed E-state index contributed by atoms with van der Waals surface area (Å²) in [6.45, 7) is 4.29. The third-order valence-corrected chi connectivity index (χ3v) is 3.53. The lowest BCUT2D eigenvalue weighted by atomic mass is 10.2. The van der Waals surface area contributed by atoms with E-state index in [0.717, 1.165) is 11.3 Å². The Morgan fingerprint density at radius 2 is 2.13 bits per heavy atom. The molecule has 2 N–H and O–H groups in total. The Morgan fingerprint density at radius 3 is 2.83 bits per heavy atom. The number of hydrogen-bond acceptors (Lipinski definition) is 5. The van der Waals surface area contributed by atoms with Gasteiger partial charge in [0.05, 0.1) is 12.8 Å². The summed E-state index contributed by atoms with van der Waals surface area (Å²) in [5, 5.41) is 6.34. The number of ether oxygens (including phenoxy) is 1. The topological polar surface area (TPSA) is 76.1 Å². The fourth-order valence-corrected chi connectivity index (χ4v) is 2.06. The third-order valence-electron chi connectivity index (χ3n) is 3.30. The molecule has 6 nitrogen and oxygen atoms in total. The van der Waals surface area contributed by atoms with Gasteiger partial charge in [-0.3, -0.25) is 4.79 Å². The summed E-state index contributed by atoms with van der Waals surface area (Å²) >= 11 is 5.93. The molecule has 0 saturated carbocycles. The van der Waals surface area contributed by atoms with E-state index in [2.05, 4.69) is 20.6 Å². The van der Waals surface area contributed by atoms with E-state index >= 15 is 0 Å². The molecule has 0 aliphatic rings. The van der Waals surface area contributed by atoms with Crippen LogP contribution in [0, 0.1) is 13.8 Å². The number of carbonyl (C=O) groups excluding carboxylic acids is 1. The van der Waals surface area contributed by atoms with Crippen LogP contribution < -0.4 is 15.4 Å². The molecule has 1 aromatic carbocycles. The van der Waals surface area contributed by atoms with Crippen LogP contribution in [0.25, 0.3) is 0 Å². The van der Waals surface area contributed by atoms with E-state index in [0.29, 0.717) is 29.0 Å². The average molecular weight is 335 g/mol. The van der Waals surface area contributed by atoms with Crippen molar-refractivity contribution in [1.82, 2.24) is 9.97 Å². The number of amides is 1. The maximum absolute atomic E-state index is 12.0. The number of anilines is 2. The molecule has 0 saturated heterocycles. The minimum atomic E-state index is -0.151. The van der Waals surface area contributed by atoms with Crippen molar-refractivity contribution in [3.05, 3.63) is 40.7 Å². The number of benzene rings is 1. The van der Waals surface area contributed by atoms with Crippen LogP contribution in [0.3, 0.4) is 0 Å². The van der Waals surface area contributed by atoms with Crippen LogP contribution in [-0.4, -0.2) is 29.5 Å². The molecule has 0 spiro atoms. The van der Waals surface area contributed by atoms with Crippen molar-refractivity contribution in [2.45, 2.75) is 20.3 Å². The number of nitrogens with one attached hydrogen (secondary N) is 2. The Hall–Kier alpha value is -2.34. The molecule has 122 valence electrons. The summed E-state index contributed by atoms with van der Waals surface area (Å²) in [7, 11) is 1.54. The zero-order chi connectivity index (χ0) is 16.8. The first kappa shape index (κ1) is 17.0. The molecule has 0 fully saturated rings. The zero-order valence-electron chi connectivity index (χ0n) is 13.3. The summed E-state index contributed by atoms with van der Waals surface area (Å²) in [6, 6.07) is 5.06. The molecule has 7 heteroatoms. The smallest absolute Gasteiger partial charge is 0.226 e. The standard InChI is InChI=1S/C16H19ClN4O2/c1-10-9-19-16(20-11(10)2)18-7-6-15(22)21-13-8-12(17)4-5-14(13)23-3/h4-5,8-9H,6-7H2,1-3H3,(H,21,22)(H,18,19,20). The van der Waals surface area contributed by atoms with Gasteiger partial charge in [-0.1, -0.05) is 11.6 Å². The molecule has 2 rings (SSSR count). The first-order valence-electron chi connectivity index (χ1n) is 7.17. The van der Waals surface area contributed by atoms with Crippen molar-refractivity contribution in [2.24, 2.45) is 0 Å².